The number of carbonyl (C=O) groups excluding carboxylic acids is 1. The van der Waals surface area contributed by atoms with E-state index in [2.05, 4.69) is 15.0 Å². The molecule has 3 aromatic heterocycles. The molecule has 11 heteroatoms. The molecule has 6 nitrogen and oxygen atoms in total. The van der Waals surface area contributed by atoms with Crippen LogP contribution >= 0.6 is 22.7 Å². The van der Waals surface area contributed by atoms with Gasteiger partial charge in [-0.05, 0) is 30.4 Å². The molecule has 1 amide bonds. The molecule has 0 radical (unpaired) electrons. The molecular formula is C18H16F3N5OS2. The summed E-state index contributed by atoms with van der Waals surface area (Å²) < 4.78 is 40.2. The summed E-state index contributed by atoms with van der Waals surface area (Å²) >= 11 is 2.48. The van der Waals surface area contributed by atoms with E-state index in [0.717, 1.165) is 6.07 Å². The highest BCUT2D eigenvalue weighted by molar-refractivity contribution is 7.13. The monoisotopic (exact) mass is 439 g/mol. The van der Waals surface area contributed by atoms with Crippen molar-refractivity contribution in [3.05, 3.63) is 46.2 Å². The Balaban J connectivity index is 1.64. The fourth-order valence-corrected chi connectivity index (χ4v) is 4.49. The first kappa shape index (κ1) is 19.8. The van der Waals surface area contributed by atoms with E-state index in [9.17, 15) is 18.0 Å². The average molecular weight is 439 g/mol. The summed E-state index contributed by atoms with van der Waals surface area (Å²) in [5, 5.41) is 3.66. The quantitative estimate of drug-likeness (QED) is 0.658. The van der Waals surface area contributed by atoms with Crippen molar-refractivity contribution in [3.63, 3.8) is 0 Å². The number of nitrogens with zero attached hydrogens (tertiary/aromatic N) is 4. The number of hydrogen-bond acceptors (Lipinski definition) is 7. The molecule has 0 spiro atoms. The minimum atomic E-state index is -4.58. The van der Waals surface area contributed by atoms with Gasteiger partial charge in [0, 0.05) is 24.4 Å². The highest BCUT2D eigenvalue weighted by atomic mass is 32.1. The lowest BCUT2D eigenvalue weighted by Crippen LogP contribution is -2.39. The minimum Gasteiger partial charge on any atom is -0.375 e. The van der Waals surface area contributed by atoms with Crippen LogP contribution in [0, 0.1) is 0 Å². The molecule has 1 aliphatic heterocycles. The molecule has 4 rings (SSSR count). The number of rotatable bonds is 3. The topological polar surface area (TPSA) is 85.0 Å². The number of halogens is 3. The van der Waals surface area contributed by atoms with Crippen LogP contribution in [0.25, 0.3) is 10.6 Å². The Bertz CT molecular complexity index is 1020. The second kappa shape index (κ2) is 7.71. The third-order valence-electron chi connectivity index (χ3n) is 4.62. The maximum atomic E-state index is 13.4. The first-order valence-electron chi connectivity index (χ1n) is 8.81. The Kier molecular flexibility index (Phi) is 5.26. The van der Waals surface area contributed by atoms with Gasteiger partial charge in [0.05, 0.1) is 10.6 Å². The number of nitrogens with two attached hydrogens (primary N) is 1. The smallest absolute Gasteiger partial charge is 0.375 e. The van der Waals surface area contributed by atoms with Crippen LogP contribution in [0.15, 0.2) is 29.0 Å². The average Bonchev–Trinajstić information content (AvgIpc) is 3.38. The summed E-state index contributed by atoms with van der Waals surface area (Å²) in [6, 6.07) is 4.45. The molecule has 1 saturated heterocycles. The summed E-state index contributed by atoms with van der Waals surface area (Å²) in [4.78, 5) is 27.1. The number of alkyl halides is 3. The lowest BCUT2D eigenvalue weighted by Gasteiger charge is -2.31. The highest BCUT2D eigenvalue weighted by Crippen LogP contribution is 2.34. The van der Waals surface area contributed by atoms with E-state index in [1.807, 2.05) is 0 Å². The molecule has 152 valence electrons. The van der Waals surface area contributed by atoms with E-state index in [1.165, 1.54) is 22.7 Å². The van der Waals surface area contributed by atoms with Crippen LogP contribution in [-0.4, -0.2) is 38.8 Å². The van der Waals surface area contributed by atoms with E-state index >= 15 is 0 Å². The molecule has 0 bridgehead atoms. The number of amides is 1. The van der Waals surface area contributed by atoms with Gasteiger partial charge in [-0.25, -0.2) is 15.0 Å². The summed E-state index contributed by atoms with van der Waals surface area (Å²) in [7, 11) is 0. The number of thiophene rings is 1. The normalized spacial score (nSPS) is 17.5. The van der Waals surface area contributed by atoms with Crippen molar-refractivity contribution >= 4 is 33.7 Å². The molecule has 0 saturated carbocycles. The van der Waals surface area contributed by atoms with E-state index in [4.69, 9.17) is 5.73 Å². The van der Waals surface area contributed by atoms with Crippen LogP contribution in [0.1, 0.15) is 40.8 Å². The first-order chi connectivity index (χ1) is 13.8. The van der Waals surface area contributed by atoms with Gasteiger partial charge in [-0.2, -0.15) is 13.2 Å². The van der Waals surface area contributed by atoms with Crippen LogP contribution < -0.4 is 5.73 Å². The Hall–Kier alpha value is -2.53. The largest absolute Gasteiger partial charge is 0.433 e. The van der Waals surface area contributed by atoms with Gasteiger partial charge in [0.2, 0.25) is 0 Å². The lowest BCUT2D eigenvalue weighted by molar-refractivity contribution is -0.141. The summed E-state index contributed by atoms with van der Waals surface area (Å²) in [5.41, 5.74) is 5.12. The zero-order valence-corrected chi connectivity index (χ0v) is 16.7. The zero-order valence-electron chi connectivity index (χ0n) is 15.0. The molecule has 4 heterocycles. The summed E-state index contributed by atoms with van der Waals surface area (Å²) in [6.07, 6.45) is -3.33. The third kappa shape index (κ3) is 4.25. The molecule has 1 atom stereocenters. The SMILES string of the molecule is Nc1nc(C(=O)N2CCC[C@H](c3nc(-c4cccs4)cc(C(F)(F)F)n3)C2)cs1. The second-order valence-electron chi connectivity index (χ2n) is 6.63. The van der Waals surface area contributed by atoms with Gasteiger partial charge in [-0.1, -0.05) is 6.07 Å². The number of thiazole rings is 1. The molecule has 0 aromatic carbocycles. The van der Waals surface area contributed by atoms with E-state index in [-0.39, 0.29) is 35.6 Å². The number of carbonyl (C=O) groups is 1. The van der Waals surface area contributed by atoms with Gasteiger partial charge in [0.25, 0.3) is 5.91 Å². The molecule has 0 aliphatic carbocycles. The first-order valence-corrected chi connectivity index (χ1v) is 10.6. The maximum Gasteiger partial charge on any atom is 0.433 e. The number of aromatic nitrogens is 3. The minimum absolute atomic E-state index is 0.110. The maximum absolute atomic E-state index is 13.4. The Morgan fingerprint density at radius 2 is 2.07 bits per heavy atom. The van der Waals surface area contributed by atoms with Gasteiger partial charge in [-0.3, -0.25) is 4.79 Å². The standard InChI is InChI=1S/C18H16F3N5OS2/c19-18(20,21)14-7-11(13-4-2-6-28-13)23-15(25-14)10-3-1-5-26(8-10)16(27)12-9-29-17(22)24-12/h2,4,6-7,9-10H,1,3,5,8H2,(H2,22,24)/t10-/m0/s1. The summed E-state index contributed by atoms with van der Waals surface area (Å²) in [6.45, 7) is 0.741. The van der Waals surface area contributed by atoms with Crippen LogP contribution in [-0.2, 0) is 6.18 Å². The van der Waals surface area contributed by atoms with Gasteiger partial charge >= 0.3 is 6.18 Å². The van der Waals surface area contributed by atoms with Crippen molar-refractivity contribution in [1.82, 2.24) is 19.9 Å². The molecule has 29 heavy (non-hydrogen) atoms. The Labute approximate surface area is 172 Å². The number of nitrogen functional groups attached to an aromatic ring is 1. The lowest BCUT2D eigenvalue weighted by atomic mass is 9.96. The molecular weight excluding hydrogens is 423 g/mol. The number of likely N-dealkylation sites (tertiary alicyclic amines) is 1. The molecule has 1 aliphatic rings. The predicted octanol–water partition coefficient (Wildman–Crippen LogP) is 4.28. The van der Waals surface area contributed by atoms with Crippen LogP contribution in [0.2, 0.25) is 0 Å². The number of hydrogen-bond donors (Lipinski definition) is 1. The van der Waals surface area contributed by atoms with E-state index in [1.54, 1.807) is 27.8 Å². The predicted molar refractivity (Wildman–Crippen MR) is 105 cm³/mol. The van der Waals surface area contributed by atoms with Crippen molar-refractivity contribution in [1.29, 1.82) is 0 Å². The molecule has 2 N–H and O–H groups in total. The fourth-order valence-electron chi connectivity index (χ4n) is 3.26. The van der Waals surface area contributed by atoms with Gasteiger partial charge in [-0.15, -0.1) is 22.7 Å². The molecule has 3 aromatic rings. The Morgan fingerprint density at radius 1 is 1.24 bits per heavy atom. The van der Waals surface area contributed by atoms with Crippen molar-refractivity contribution in [3.8, 4) is 10.6 Å². The van der Waals surface area contributed by atoms with Crippen molar-refractivity contribution in [2.75, 3.05) is 18.8 Å². The summed E-state index contributed by atoms with van der Waals surface area (Å²) in [5.74, 6) is -0.559. The third-order valence-corrected chi connectivity index (χ3v) is 6.19. The van der Waals surface area contributed by atoms with Crippen molar-refractivity contribution < 1.29 is 18.0 Å². The van der Waals surface area contributed by atoms with Crippen LogP contribution in [0.4, 0.5) is 18.3 Å². The van der Waals surface area contributed by atoms with E-state index in [0.29, 0.717) is 29.4 Å². The zero-order chi connectivity index (χ0) is 20.6. The highest BCUT2D eigenvalue weighted by Gasteiger charge is 2.36. The van der Waals surface area contributed by atoms with Crippen molar-refractivity contribution in [2.45, 2.75) is 24.9 Å². The fraction of sp³-hybridized carbons (Fsp3) is 0.333. The number of piperidine rings is 1. The molecule has 0 unspecified atom stereocenters. The number of anilines is 1. The van der Waals surface area contributed by atoms with Crippen LogP contribution in [0.5, 0.6) is 0 Å². The van der Waals surface area contributed by atoms with Crippen molar-refractivity contribution in [2.24, 2.45) is 0 Å². The second-order valence-corrected chi connectivity index (χ2v) is 8.47. The van der Waals surface area contributed by atoms with Gasteiger partial charge in [0.15, 0.2) is 5.13 Å². The van der Waals surface area contributed by atoms with Gasteiger partial charge in [0.1, 0.15) is 17.2 Å². The van der Waals surface area contributed by atoms with Crippen LogP contribution in [0.3, 0.4) is 0 Å². The van der Waals surface area contributed by atoms with Gasteiger partial charge < -0.3 is 10.6 Å². The molecule has 1 fully saturated rings. The van der Waals surface area contributed by atoms with E-state index < -0.39 is 11.9 Å². The Morgan fingerprint density at radius 3 is 2.72 bits per heavy atom.